The van der Waals surface area contributed by atoms with Crippen molar-refractivity contribution in [3.05, 3.63) is 16.6 Å². The molecule has 0 radical (unpaired) electrons. The van der Waals surface area contributed by atoms with Gasteiger partial charge in [0.1, 0.15) is 10.9 Å². The topological polar surface area (TPSA) is 121 Å². The van der Waals surface area contributed by atoms with E-state index in [0.29, 0.717) is 31.2 Å². The van der Waals surface area contributed by atoms with E-state index in [1.165, 1.54) is 22.4 Å². The molecule has 4 atom stereocenters. The van der Waals surface area contributed by atoms with Crippen molar-refractivity contribution in [1.29, 1.82) is 0 Å². The van der Waals surface area contributed by atoms with E-state index in [0.717, 1.165) is 32.1 Å². The number of fused-ring (bicyclic) bond motifs is 3. The highest BCUT2D eigenvalue weighted by Crippen LogP contribution is 2.55. The number of alkyl halides is 3. The number of piperidine rings is 1. The Kier molecular flexibility index (Phi) is 9.27. The van der Waals surface area contributed by atoms with Gasteiger partial charge in [0.05, 0.1) is 49.0 Å². The van der Waals surface area contributed by atoms with Gasteiger partial charge in [-0.25, -0.2) is 0 Å². The first-order chi connectivity index (χ1) is 23.6. The normalized spacial score (nSPS) is 31.3. The maximum atomic E-state index is 14.4. The minimum atomic E-state index is -4.33. The minimum absolute atomic E-state index is 0.0542. The van der Waals surface area contributed by atoms with Crippen LogP contribution in [0.15, 0.2) is 11.7 Å². The fourth-order valence-corrected chi connectivity index (χ4v) is 9.51. The number of nitrogens with zero attached hydrogens (tertiary/aromatic N) is 4. The number of thiazole rings is 1. The summed E-state index contributed by atoms with van der Waals surface area (Å²) in [5, 5.41) is 2.98. The standard InChI is InChI=1S/C35H48F3N5O6S/c1-21(48-18-33-8-4-23(5-9-33)49-19-33)27(31(47)41-10-6-22(7-11-41)35(36,37)38)40-28(44)25-14-42(30(46)26-13-39-20-50-26)15-34(25)16-43(17-34)29(45)24-12-32(24,2)3/h13,20-25,27H,4-12,14-19H2,1-3H3,(H,40,44)/t21-,23?,24-,25+,27+,33?/m1/s1. The number of ether oxygens (including phenoxy) is 2. The summed E-state index contributed by atoms with van der Waals surface area (Å²) in [4.78, 5) is 64.6. The van der Waals surface area contributed by atoms with E-state index in [1.54, 1.807) is 22.2 Å². The Morgan fingerprint density at radius 3 is 2.26 bits per heavy atom. The first-order valence-electron chi connectivity index (χ1n) is 18.0. The van der Waals surface area contributed by atoms with Gasteiger partial charge in [-0.3, -0.25) is 24.2 Å². The van der Waals surface area contributed by atoms with Gasteiger partial charge in [0.25, 0.3) is 5.91 Å². The molecule has 7 aliphatic rings. The first kappa shape index (κ1) is 35.6. The Labute approximate surface area is 294 Å². The van der Waals surface area contributed by atoms with Crippen molar-refractivity contribution in [3.63, 3.8) is 0 Å². The van der Waals surface area contributed by atoms with Crippen molar-refractivity contribution >= 4 is 35.0 Å². The summed E-state index contributed by atoms with van der Waals surface area (Å²) >= 11 is 1.21. The second-order valence-electron chi connectivity index (χ2n) is 16.6. The van der Waals surface area contributed by atoms with Gasteiger partial charge in [0, 0.05) is 56.0 Å². The molecule has 276 valence electrons. The molecule has 7 fully saturated rings. The van der Waals surface area contributed by atoms with Crippen molar-refractivity contribution < 1.29 is 41.8 Å². The lowest BCUT2D eigenvalue weighted by atomic mass is 9.70. The van der Waals surface area contributed by atoms with E-state index in [4.69, 9.17) is 9.47 Å². The third kappa shape index (κ3) is 6.78. The fourth-order valence-electron chi connectivity index (χ4n) is 8.92. The lowest BCUT2D eigenvalue weighted by Gasteiger charge is -2.50. The molecule has 11 nitrogen and oxygen atoms in total. The monoisotopic (exact) mass is 723 g/mol. The molecule has 50 heavy (non-hydrogen) atoms. The number of hydrogen-bond donors (Lipinski definition) is 1. The van der Waals surface area contributed by atoms with Crippen molar-refractivity contribution in [2.75, 3.05) is 52.5 Å². The van der Waals surface area contributed by atoms with Crippen LogP contribution in [0.4, 0.5) is 13.2 Å². The maximum Gasteiger partial charge on any atom is 0.391 e. The molecule has 2 saturated carbocycles. The second-order valence-corrected chi connectivity index (χ2v) is 17.4. The van der Waals surface area contributed by atoms with Crippen molar-refractivity contribution in [3.8, 4) is 0 Å². The Hall–Kier alpha value is -2.78. The van der Waals surface area contributed by atoms with Gasteiger partial charge in [0.2, 0.25) is 17.7 Å². The van der Waals surface area contributed by atoms with Crippen LogP contribution in [-0.4, -0.2) is 120 Å². The highest BCUT2D eigenvalue weighted by Gasteiger charge is 2.62. The molecule has 6 heterocycles. The number of halogens is 3. The molecule has 4 amide bonds. The van der Waals surface area contributed by atoms with Crippen LogP contribution in [0.5, 0.6) is 0 Å². The highest BCUT2D eigenvalue weighted by molar-refractivity contribution is 7.11. The fraction of sp³-hybridized carbons (Fsp3) is 0.800. The van der Waals surface area contributed by atoms with Crippen LogP contribution in [-0.2, 0) is 23.9 Å². The zero-order valence-electron chi connectivity index (χ0n) is 29.0. The number of carbonyl (C=O) groups is 4. The van der Waals surface area contributed by atoms with Crippen LogP contribution in [0.25, 0.3) is 0 Å². The summed E-state index contributed by atoms with van der Waals surface area (Å²) in [5.74, 6) is -3.33. The number of amides is 4. The van der Waals surface area contributed by atoms with E-state index >= 15 is 0 Å². The van der Waals surface area contributed by atoms with Crippen LogP contribution >= 0.6 is 11.3 Å². The quantitative estimate of drug-likeness (QED) is 0.412. The average molecular weight is 724 g/mol. The van der Waals surface area contributed by atoms with Crippen molar-refractivity contribution in [2.45, 2.75) is 90.1 Å². The number of hydrogen-bond acceptors (Lipinski definition) is 8. The Balaban J connectivity index is 1.09. The number of likely N-dealkylation sites (tertiary alicyclic amines) is 3. The molecule has 5 aliphatic heterocycles. The molecular formula is C35H48F3N5O6S. The largest absolute Gasteiger partial charge is 0.391 e. The molecule has 2 aliphatic carbocycles. The summed E-state index contributed by atoms with van der Waals surface area (Å²) in [6, 6.07) is -1.14. The number of aromatic nitrogens is 1. The number of carbonyl (C=O) groups excluding carboxylic acids is 4. The Bertz CT molecular complexity index is 1450. The molecular weight excluding hydrogens is 675 g/mol. The lowest BCUT2D eigenvalue weighted by molar-refractivity contribution is -0.187. The third-order valence-electron chi connectivity index (χ3n) is 12.6. The summed E-state index contributed by atoms with van der Waals surface area (Å²) < 4.78 is 52.7. The molecule has 0 aromatic carbocycles. The summed E-state index contributed by atoms with van der Waals surface area (Å²) in [6.07, 6.45) is 0.872. The Morgan fingerprint density at radius 1 is 1.04 bits per heavy atom. The van der Waals surface area contributed by atoms with Crippen LogP contribution in [0, 0.1) is 34.0 Å². The molecule has 1 N–H and O–H groups in total. The summed E-state index contributed by atoms with van der Waals surface area (Å²) in [5.41, 5.74) is 0.654. The number of rotatable bonds is 9. The van der Waals surface area contributed by atoms with Crippen LogP contribution in [0.3, 0.4) is 0 Å². The summed E-state index contributed by atoms with van der Waals surface area (Å²) in [7, 11) is 0. The predicted octanol–water partition coefficient (Wildman–Crippen LogP) is 3.74. The predicted molar refractivity (Wildman–Crippen MR) is 176 cm³/mol. The molecule has 1 aromatic heterocycles. The summed E-state index contributed by atoms with van der Waals surface area (Å²) in [6.45, 7) is 7.65. The average Bonchev–Trinajstić information content (AvgIpc) is 3.44. The molecule has 1 spiro atoms. The highest BCUT2D eigenvalue weighted by atomic mass is 32.1. The van der Waals surface area contributed by atoms with Gasteiger partial charge in [-0.15, -0.1) is 11.3 Å². The van der Waals surface area contributed by atoms with Gasteiger partial charge in [-0.1, -0.05) is 13.8 Å². The zero-order chi connectivity index (χ0) is 35.6. The van der Waals surface area contributed by atoms with E-state index in [1.807, 2.05) is 0 Å². The van der Waals surface area contributed by atoms with E-state index in [2.05, 4.69) is 24.1 Å². The van der Waals surface area contributed by atoms with Crippen molar-refractivity contribution in [1.82, 2.24) is 25.0 Å². The van der Waals surface area contributed by atoms with E-state index < -0.39 is 47.4 Å². The second kappa shape index (κ2) is 13.0. The molecule has 5 saturated heterocycles. The zero-order valence-corrected chi connectivity index (χ0v) is 29.8. The molecule has 15 heteroatoms. The molecule has 2 bridgehead atoms. The lowest BCUT2D eigenvalue weighted by Crippen LogP contribution is -2.65. The van der Waals surface area contributed by atoms with Gasteiger partial charge in [-0.2, -0.15) is 13.2 Å². The van der Waals surface area contributed by atoms with Gasteiger partial charge in [0.15, 0.2) is 0 Å². The molecule has 8 rings (SSSR count). The van der Waals surface area contributed by atoms with Crippen molar-refractivity contribution in [2.24, 2.45) is 34.0 Å². The van der Waals surface area contributed by atoms with Crippen LogP contribution in [0.2, 0.25) is 0 Å². The molecule has 0 unspecified atom stereocenters. The number of nitrogens with one attached hydrogen (secondary N) is 1. The van der Waals surface area contributed by atoms with E-state index in [-0.39, 0.29) is 73.7 Å². The maximum absolute atomic E-state index is 14.4. The van der Waals surface area contributed by atoms with E-state index in [9.17, 15) is 32.3 Å². The van der Waals surface area contributed by atoms with Gasteiger partial charge >= 0.3 is 6.18 Å². The van der Waals surface area contributed by atoms with Crippen LogP contribution in [0.1, 0.15) is 75.4 Å². The third-order valence-corrected chi connectivity index (χ3v) is 13.4. The smallest absolute Gasteiger partial charge is 0.378 e. The SMILES string of the molecule is C[C@@H](OCC12CCC(CC1)OC2)[C@H](NC(=O)[C@@H]1CN(C(=O)c2cncs2)CC12CN(C(=O)[C@H]1CC1(C)C)C2)C(=O)N1CCC(C(F)(F)F)CC1. The van der Waals surface area contributed by atoms with Gasteiger partial charge in [-0.05, 0) is 57.3 Å². The molecule has 1 aromatic rings. The first-order valence-corrected chi connectivity index (χ1v) is 18.8. The van der Waals surface area contributed by atoms with Gasteiger partial charge < -0.3 is 29.5 Å². The Morgan fingerprint density at radius 2 is 1.70 bits per heavy atom. The minimum Gasteiger partial charge on any atom is -0.378 e. The van der Waals surface area contributed by atoms with Crippen LogP contribution < -0.4 is 5.32 Å².